The van der Waals surface area contributed by atoms with Gasteiger partial charge in [-0.15, -0.1) is 0 Å². The van der Waals surface area contributed by atoms with Crippen LogP contribution in [0.4, 0.5) is 5.82 Å². The molecular formula is C25H26N4O3. The fourth-order valence-corrected chi connectivity index (χ4v) is 3.64. The van der Waals surface area contributed by atoms with E-state index in [2.05, 4.69) is 21.8 Å². The number of ether oxygens (including phenoxy) is 2. The van der Waals surface area contributed by atoms with Crippen LogP contribution in [0.2, 0.25) is 0 Å². The van der Waals surface area contributed by atoms with Gasteiger partial charge in [-0.2, -0.15) is 0 Å². The first-order valence-electron chi connectivity index (χ1n) is 10.5. The monoisotopic (exact) mass is 430 g/mol. The van der Waals surface area contributed by atoms with E-state index in [0.29, 0.717) is 31.3 Å². The number of piperazine rings is 1. The molecular weight excluding hydrogens is 404 g/mol. The molecule has 2 heterocycles. The average molecular weight is 431 g/mol. The Morgan fingerprint density at radius 1 is 1.03 bits per heavy atom. The quantitative estimate of drug-likeness (QED) is 0.550. The summed E-state index contributed by atoms with van der Waals surface area (Å²) in [6, 6.07) is 19.0. The summed E-state index contributed by atoms with van der Waals surface area (Å²) in [5.74, 6) is 2.71. The number of hydrogen-bond acceptors (Lipinski definition) is 6. The van der Waals surface area contributed by atoms with Crippen molar-refractivity contribution in [3.05, 3.63) is 78.6 Å². The molecule has 1 atom stereocenters. The summed E-state index contributed by atoms with van der Waals surface area (Å²) >= 11 is 0. The molecule has 7 nitrogen and oxygen atoms in total. The molecule has 1 saturated heterocycles. The molecule has 164 valence electrons. The number of methoxy groups -OCH3 is 1. The van der Waals surface area contributed by atoms with Crippen molar-refractivity contribution in [1.82, 2.24) is 14.9 Å². The van der Waals surface area contributed by atoms with Crippen LogP contribution in [0.1, 0.15) is 12.5 Å². The molecule has 0 bridgehead atoms. The number of rotatable bonds is 6. The number of benzene rings is 2. The summed E-state index contributed by atoms with van der Waals surface area (Å²) in [4.78, 5) is 25.4. The van der Waals surface area contributed by atoms with E-state index in [-0.39, 0.29) is 11.9 Å². The Hall–Kier alpha value is -3.87. The maximum Gasteiger partial charge on any atom is 0.246 e. The lowest BCUT2D eigenvalue weighted by Gasteiger charge is -2.40. The zero-order valence-electron chi connectivity index (χ0n) is 18.2. The van der Waals surface area contributed by atoms with E-state index in [4.69, 9.17) is 9.47 Å². The molecule has 4 rings (SSSR count). The van der Waals surface area contributed by atoms with E-state index in [0.717, 1.165) is 17.1 Å². The third-order valence-electron chi connectivity index (χ3n) is 5.36. The van der Waals surface area contributed by atoms with Crippen LogP contribution in [0.3, 0.4) is 0 Å². The summed E-state index contributed by atoms with van der Waals surface area (Å²) in [7, 11) is 1.63. The summed E-state index contributed by atoms with van der Waals surface area (Å²) in [5, 5.41) is 0. The van der Waals surface area contributed by atoms with Crippen molar-refractivity contribution in [3.63, 3.8) is 0 Å². The maximum atomic E-state index is 12.7. The second-order valence-electron chi connectivity index (χ2n) is 7.56. The molecule has 0 aliphatic carbocycles. The van der Waals surface area contributed by atoms with Gasteiger partial charge in [0, 0.05) is 37.8 Å². The first kappa shape index (κ1) is 21.4. The molecule has 1 fully saturated rings. The first-order valence-corrected chi connectivity index (χ1v) is 10.5. The third-order valence-corrected chi connectivity index (χ3v) is 5.36. The van der Waals surface area contributed by atoms with Gasteiger partial charge in [0.25, 0.3) is 0 Å². The molecule has 2 aromatic carbocycles. The number of carbonyl (C=O) groups excluding carboxylic acids is 1. The molecule has 1 aromatic heterocycles. The van der Waals surface area contributed by atoms with Crippen molar-refractivity contribution in [2.75, 3.05) is 31.6 Å². The summed E-state index contributed by atoms with van der Waals surface area (Å²) in [5.41, 5.74) is 1.01. The molecule has 0 N–H and O–H groups in total. The van der Waals surface area contributed by atoms with Crippen molar-refractivity contribution >= 4 is 17.8 Å². The molecule has 3 aromatic rings. The lowest BCUT2D eigenvalue weighted by atomic mass is 10.1. The molecule has 32 heavy (non-hydrogen) atoms. The maximum absolute atomic E-state index is 12.7. The smallest absolute Gasteiger partial charge is 0.246 e. The molecule has 1 amide bonds. The largest absolute Gasteiger partial charge is 0.497 e. The van der Waals surface area contributed by atoms with Crippen LogP contribution in [-0.4, -0.2) is 53.6 Å². The number of hydrogen-bond donors (Lipinski definition) is 0. The lowest BCUT2D eigenvalue weighted by Crippen LogP contribution is -2.54. The molecule has 1 aliphatic heterocycles. The van der Waals surface area contributed by atoms with E-state index in [1.165, 1.54) is 6.33 Å². The Labute approximate surface area is 187 Å². The second-order valence-corrected chi connectivity index (χ2v) is 7.56. The van der Waals surface area contributed by atoms with Gasteiger partial charge in [-0.05, 0) is 42.8 Å². The van der Waals surface area contributed by atoms with Gasteiger partial charge < -0.3 is 19.3 Å². The Balaban J connectivity index is 1.38. The number of nitrogens with zero attached hydrogens (tertiary/aromatic N) is 4. The highest BCUT2D eigenvalue weighted by Crippen LogP contribution is 2.25. The predicted octanol–water partition coefficient (Wildman–Crippen LogP) is 4.03. The Morgan fingerprint density at radius 3 is 2.50 bits per heavy atom. The predicted molar refractivity (Wildman–Crippen MR) is 124 cm³/mol. The normalized spacial score (nSPS) is 16.2. The van der Waals surface area contributed by atoms with Crippen LogP contribution in [0, 0.1) is 0 Å². The number of amides is 1. The summed E-state index contributed by atoms with van der Waals surface area (Å²) in [6.45, 7) is 4.05. The Bertz CT molecular complexity index is 1070. The number of carbonyl (C=O) groups is 1. The van der Waals surface area contributed by atoms with Gasteiger partial charge in [0.05, 0.1) is 7.11 Å². The minimum atomic E-state index is 0.0206. The molecule has 0 unspecified atom stereocenters. The van der Waals surface area contributed by atoms with E-state index in [1.54, 1.807) is 13.2 Å². The van der Waals surface area contributed by atoms with Gasteiger partial charge in [-0.1, -0.05) is 30.3 Å². The minimum absolute atomic E-state index is 0.0206. The fraction of sp³-hybridized carbons (Fsp3) is 0.240. The zero-order valence-corrected chi connectivity index (χ0v) is 18.2. The van der Waals surface area contributed by atoms with Crippen LogP contribution >= 0.6 is 0 Å². The van der Waals surface area contributed by atoms with Crippen molar-refractivity contribution in [1.29, 1.82) is 0 Å². The van der Waals surface area contributed by atoms with E-state index in [1.807, 2.05) is 71.6 Å². The van der Waals surface area contributed by atoms with Gasteiger partial charge in [0.15, 0.2) is 0 Å². The lowest BCUT2D eigenvalue weighted by molar-refractivity contribution is -0.128. The van der Waals surface area contributed by atoms with Crippen LogP contribution in [0.25, 0.3) is 6.08 Å². The highest BCUT2D eigenvalue weighted by atomic mass is 16.5. The molecule has 7 heteroatoms. The molecule has 0 spiro atoms. The van der Waals surface area contributed by atoms with Gasteiger partial charge in [0.1, 0.15) is 23.6 Å². The summed E-state index contributed by atoms with van der Waals surface area (Å²) in [6.07, 6.45) is 5.00. The van der Waals surface area contributed by atoms with E-state index in [9.17, 15) is 4.79 Å². The van der Waals surface area contributed by atoms with Gasteiger partial charge in [-0.3, -0.25) is 4.79 Å². The van der Waals surface area contributed by atoms with Gasteiger partial charge in [0.2, 0.25) is 11.8 Å². The van der Waals surface area contributed by atoms with Crippen LogP contribution in [0.5, 0.6) is 17.4 Å². The second kappa shape index (κ2) is 9.96. The average Bonchev–Trinajstić information content (AvgIpc) is 2.84. The van der Waals surface area contributed by atoms with Crippen LogP contribution in [-0.2, 0) is 4.79 Å². The van der Waals surface area contributed by atoms with E-state index < -0.39 is 0 Å². The number of aromatic nitrogens is 2. The molecule has 0 saturated carbocycles. The van der Waals surface area contributed by atoms with E-state index >= 15 is 0 Å². The topological polar surface area (TPSA) is 67.8 Å². The highest BCUT2D eigenvalue weighted by molar-refractivity contribution is 5.92. The van der Waals surface area contributed by atoms with Crippen LogP contribution < -0.4 is 14.4 Å². The molecule has 0 radical (unpaired) electrons. The Kier molecular flexibility index (Phi) is 6.65. The number of anilines is 1. The summed E-state index contributed by atoms with van der Waals surface area (Å²) < 4.78 is 11.0. The first-order chi connectivity index (χ1) is 15.6. The highest BCUT2D eigenvalue weighted by Gasteiger charge is 2.27. The standard InChI is InChI=1S/C25H26N4O3/c1-19-17-28(14-15-29(19)25(30)13-8-20-6-4-3-5-7-20)23-16-24(27-18-26-23)32-22-11-9-21(31-2)10-12-22/h3-13,16,18-19H,14-15,17H2,1-2H3/b13-8+/t19-/m1/s1. The zero-order chi connectivity index (χ0) is 22.3. The SMILES string of the molecule is COc1ccc(Oc2cc(N3CCN(C(=O)/C=C/c4ccccc4)[C@H](C)C3)ncn2)cc1. The van der Waals surface area contributed by atoms with Crippen molar-refractivity contribution in [2.24, 2.45) is 0 Å². The van der Waals surface area contributed by atoms with Crippen LogP contribution in [0.15, 0.2) is 73.1 Å². The Morgan fingerprint density at radius 2 is 1.78 bits per heavy atom. The third kappa shape index (κ3) is 5.24. The van der Waals surface area contributed by atoms with Gasteiger partial charge in [-0.25, -0.2) is 9.97 Å². The fourth-order valence-electron chi connectivity index (χ4n) is 3.64. The minimum Gasteiger partial charge on any atom is -0.497 e. The van der Waals surface area contributed by atoms with Crippen molar-refractivity contribution in [2.45, 2.75) is 13.0 Å². The van der Waals surface area contributed by atoms with Crippen molar-refractivity contribution < 1.29 is 14.3 Å². The van der Waals surface area contributed by atoms with Crippen molar-refractivity contribution in [3.8, 4) is 17.4 Å². The van der Waals surface area contributed by atoms with Gasteiger partial charge >= 0.3 is 0 Å². The molecule has 1 aliphatic rings.